The first-order valence-electron chi connectivity index (χ1n) is 6.40. The second kappa shape index (κ2) is 6.71. The summed E-state index contributed by atoms with van der Waals surface area (Å²) >= 11 is 0. The van der Waals surface area contributed by atoms with Gasteiger partial charge in [0.15, 0.2) is 0 Å². The molecule has 0 aliphatic carbocycles. The minimum atomic E-state index is -3.80. The summed E-state index contributed by atoms with van der Waals surface area (Å²) in [5.74, 6) is -0.657. The molecular formula is C10H20N4O5S2. The molecule has 0 amide bonds. The molecule has 1 rings (SSSR count). The van der Waals surface area contributed by atoms with Crippen LogP contribution in [0.1, 0.15) is 19.8 Å². The van der Waals surface area contributed by atoms with Crippen LogP contribution >= 0.6 is 0 Å². The van der Waals surface area contributed by atoms with Crippen molar-refractivity contribution in [3.05, 3.63) is 10.5 Å². The van der Waals surface area contributed by atoms with Gasteiger partial charge in [-0.15, -0.1) is 5.10 Å². The summed E-state index contributed by atoms with van der Waals surface area (Å²) in [6, 6.07) is 0. The summed E-state index contributed by atoms with van der Waals surface area (Å²) in [4.78, 5) is 11.5. The van der Waals surface area contributed by atoms with Crippen molar-refractivity contribution >= 4 is 19.9 Å². The zero-order chi connectivity index (χ0) is 16.3. The third-order valence-electron chi connectivity index (χ3n) is 2.82. The molecule has 1 heterocycles. The van der Waals surface area contributed by atoms with Gasteiger partial charge in [-0.2, -0.15) is 0 Å². The molecule has 0 aliphatic heterocycles. The first-order valence-corrected chi connectivity index (χ1v) is 9.66. The molecule has 0 radical (unpaired) electrons. The number of aromatic nitrogens is 3. The number of nitrogens with zero attached hydrogens (tertiary/aromatic N) is 3. The molecule has 0 unspecified atom stereocenters. The highest BCUT2D eigenvalue weighted by molar-refractivity contribution is 7.91. The molecule has 0 bridgehead atoms. The third-order valence-corrected chi connectivity index (χ3v) is 6.43. The summed E-state index contributed by atoms with van der Waals surface area (Å²) in [6.07, 6.45) is 0.521. The second-order valence-electron chi connectivity index (χ2n) is 4.73. The van der Waals surface area contributed by atoms with Crippen molar-refractivity contribution in [1.29, 1.82) is 0 Å². The average Bonchev–Trinajstić information content (AvgIpc) is 2.71. The fourth-order valence-corrected chi connectivity index (χ4v) is 4.13. The Hall–Kier alpha value is -1.20. The smallest absolute Gasteiger partial charge is 0.266 e. The molecular weight excluding hydrogens is 320 g/mol. The van der Waals surface area contributed by atoms with Gasteiger partial charge in [-0.25, -0.2) is 31.0 Å². The average molecular weight is 340 g/mol. The lowest BCUT2D eigenvalue weighted by atomic mass is 10.5. The molecule has 9 nitrogen and oxygen atoms in total. The van der Waals surface area contributed by atoms with E-state index in [-0.39, 0.29) is 29.6 Å². The number of sulfonamides is 1. The molecule has 1 aromatic heterocycles. The van der Waals surface area contributed by atoms with Gasteiger partial charge in [0.2, 0.25) is 25.0 Å². The number of nitrogens with one attached hydrogen (secondary N) is 1. The zero-order valence-electron chi connectivity index (χ0n) is 12.2. The molecule has 21 heavy (non-hydrogen) atoms. The monoisotopic (exact) mass is 340 g/mol. The van der Waals surface area contributed by atoms with Crippen LogP contribution in [0.5, 0.6) is 0 Å². The number of hydrogen-bond donors (Lipinski definition) is 1. The molecule has 0 atom stereocenters. The van der Waals surface area contributed by atoms with Crippen LogP contribution in [0.4, 0.5) is 0 Å². The summed E-state index contributed by atoms with van der Waals surface area (Å²) < 4.78 is 49.5. The highest BCUT2D eigenvalue weighted by atomic mass is 32.2. The third kappa shape index (κ3) is 4.38. The largest absolute Gasteiger partial charge is 0.344 e. The predicted octanol–water partition coefficient (Wildman–Crippen LogP) is -0.963. The maximum absolute atomic E-state index is 12.1. The Labute approximate surface area is 123 Å². The van der Waals surface area contributed by atoms with Gasteiger partial charge in [0.25, 0.3) is 0 Å². The molecule has 122 valence electrons. The number of H-pyrrole nitrogens is 1. The molecule has 0 saturated heterocycles. The van der Waals surface area contributed by atoms with Crippen LogP contribution in [0.3, 0.4) is 0 Å². The van der Waals surface area contributed by atoms with Gasteiger partial charge in [-0.05, 0) is 12.8 Å². The number of aromatic amines is 1. The van der Waals surface area contributed by atoms with Crippen LogP contribution < -0.4 is 5.69 Å². The maximum atomic E-state index is 12.1. The Morgan fingerprint density at radius 3 is 2.33 bits per heavy atom. The molecule has 0 fully saturated rings. The lowest BCUT2D eigenvalue weighted by Crippen LogP contribution is -2.27. The first kappa shape index (κ1) is 17.9. The van der Waals surface area contributed by atoms with E-state index in [1.807, 2.05) is 0 Å². The van der Waals surface area contributed by atoms with E-state index in [2.05, 4.69) is 10.2 Å². The van der Waals surface area contributed by atoms with E-state index in [9.17, 15) is 21.6 Å². The van der Waals surface area contributed by atoms with Gasteiger partial charge in [-0.1, -0.05) is 6.92 Å². The van der Waals surface area contributed by atoms with E-state index >= 15 is 0 Å². The topological polar surface area (TPSA) is 122 Å². The van der Waals surface area contributed by atoms with Crippen molar-refractivity contribution in [2.24, 2.45) is 0 Å². The van der Waals surface area contributed by atoms with Crippen molar-refractivity contribution in [1.82, 2.24) is 19.1 Å². The van der Waals surface area contributed by atoms with Gasteiger partial charge in [-0.3, -0.25) is 4.57 Å². The lowest BCUT2D eigenvalue weighted by molar-refractivity contribution is 0.519. The SMILES string of the molecule is CCCn1c(S(=O)(=O)CCCS(=O)(=O)N(C)C)n[nH]c1=O. The van der Waals surface area contributed by atoms with Gasteiger partial charge in [0.05, 0.1) is 11.5 Å². The maximum Gasteiger partial charge on any atom is 0.344 e. The Morgan fingerprint density at radius 2 is 1.81 bits per heavy atom. The van der Waals surface area contributed by atoms with Crippen molar-refractivity contribution in [3.8, 4) is 0 Å². The van der Waals surface area contributed by atoms with E-state index < -0.39 is 25.6 Å². The Bertz CT molecular complexity index is 730. The van der Waals surface area contributed by atoms with Crippen molar-refractivity contribution in [3.63, 3.8) is 0 Å². The Balaban J connectivity index is 2.87. The molecule has 11 heteroatoms. The summed E-state index contributed by atoms with van der Waals surface area (Å²) in [5.41, 5.74) is -0.587. The molecule has 1 aromatic rings. The van der Waals surface area contributed by atoms with Gasteiger partial charge < -0.3 is 0 Å². The molecule has 1 N–H and O–H groups in total. The second-order valence-corrected chi connectivity index (χ2v) is 9.04. The summed E-state index contributed by atoms with van der Waals surface area (Å²) in [6.45, 7) is 2.04. The Morgan fingerprint density at radius 1 is 1.19 bits per heavy atom. The molecule has 0 saturated carbocycles. The highest BCUT2D eigenvalue weighted by Gasteiger charge is 2.24. The minimum Gasteiger partial charge on any atom is -0.266 e. The summed E-state index contributed by atoms with van der Waals surface area (Å²) in [7, 11) is -4.48. The van der Waals surface area contributed by atoms with E-state index in [0.29, 0.717) is 6.42 Å². The molecule has 0 aliphatic rings. The van der Waals surface area contributed by atoms with Crippen LogP contribution in [-0.4, -0.2) is 61.5 Å². The standard InChI is InChI=1S/C10H20N4O5S2/c1-4-6-14-9(15)11-12-10(14)20(16,17)7-5-8-21(18,19)13(2)3/h4-8H2,1-3H3,(H,11,15). The van der Waals surface area contributed by atoms with Crippen LogP contribution in [0.15, 0.2) is 9.95 Å². The molecule has 0 spiro atoms. The van der Waals surface area contributed by atoms with Crippen LogP contribution in [0, 0.1) is 0 Å². The highest BCUT2D eigenvalue weighted by Crippen LogP contribution is 2.09. The molecule has 0 aromatic carbocycles. The normalized spacial score (nSPS) is 13.0. The van der Waals surface area contributed by atoms with Crippen LogP contribution in [-0.2, 0) is 26.4 Å². The van der Waals surface area contributed by atoms with Gasteiger partial charge >= 0.3 is 5.69 Å². The predicted molar refractivity (Wildman–Crippen MR) is 77.3 cm³/mol. The summed E-state index contributed by atoms with van der Waals surface area (Å²) in [5, 5.41) is 5.30. The van der Waals surface area contributed by atoms with Crippen molar-refractivity contribution < 1.29 is 16.8 Å². The first-order chi connectivity index (χ1) is 9.62. The van der Waals surface area contributed by atoms with E-state index in [0.717, 1.165) is 8.87 Å². The Kier molecular flexibility index (Phi) is 5.70. The number of sulfone groups is 1. The number of hydrogen-bond acceptors (Lipinski definition) is 6. The lowest BCUT2D eigenvalue weighted by Gasteiger charge is -2.11. The van der Waals surface area contributed by atoms with Gasteiger partial charge in [0.1, 0.15) is 0 Å². The minimum absolute atomic E-state index is 0.0595. The fraction of sp³-hybridized carbons (Fsp3) is 0.800. The number of rotatable bonds is 8. The van der Waals surface area contributed by atoms with E-state index in [1.54, 1.807) is 6.92 Å². The van der Waals surface area contributed by atoms with Crippen molar-refractivity contribution in [2.45, 2.75) is 31.5 Å². The quantitative estimate of drug-likeness (QED) is 0.650. The van der Waals surface area contributed by atoms with E-state index in [4.69, 9.17) is 0 Å². The van der Waals surface area contributed by atoms with Crippen LogP contribution in [0.2, 0.25) is 0 Å². The van der Waals surface area contributed by atoms with Crippen molar-refractivity contribution in [2.75, 3.05) is 25.6 Å². The zero-order valence-corrected chi connectivity index (χ0v) is 13.9. The van der Waals surface area contributed by atoms with Gasteiger partial charge in [0, 0.05) is 20.6 Å². The van der Waals surface area contributed by atoms with Crippen LogP contribution in [0.25, 0.3) is 0 Å². The fourth-order valence-electron chi connectivity index (χ4n) is 1.67. The van der Waals surface area contributed by atoms with E-state index in [1.165, 1.54) is 14.1 Å².